The minimum absolute atomic E-state index is 0. The Kier molecular flexibility index (Phi) is 12.5. The van der Waals surface area contributed by atoms with Crippen molar-refractivity contribution in [3.05, 3.63) is 119 Å². The Morgan fingerprint density at radius 3 is 2.21 bits per heavy atom. The summed E-state index contributed by atoms with van der Waals surface area (Å²) in [5, 5.41) is 16.3. The number of nitrogens with zero attached hydrogens (tertiary/aromatic N) is 2. The largest absolute Gasteiger partial charge is 0.387 e. The van der Waals surface area contributed by atoms with Crippen molar-refractivity contribution in [2.45, 2.75) is 25.5 Å². The maximum atomic E-state index is 13.8. The molecule has 0 spiro atoms. The van der Waals surface area contributed by atoms with Crippen molar-refractivity contribution in [3.8, 4) is 0 Å². The van der Waals surface area contributed by atoms with Gasteiger partial charge in [-0.2, -0.15) is 0 Å². The Bertz CT molecular complexity index is 1320. The highest BCUT2D eigenvalue weighted by molar-refractivity contribution is 5.91. The van der Waals surface area contributed by atoms with Gasteiger partial charge in [-0.1, -0.05) is 48.5 Å². The highest BCUT2D eigenvalue weighted by atomic mass is 35.5. The first kappa shape index (κ1) is 31.8. The van der Waals surface area contributed by atoms with Gasteiger partial charge in [-0.3, -0.25) is 4.79 Å². The lowest BCUT2D eigenvalue weighted by Crippen LogP contribution is -2.23. The van der Waals surface area contributed by atoms with Crippen LogP contribution in [0.4, 0.5) is 18.9 Å². The van der Waals surface area contributed by atoms with Crippen LogP contribution in [0.2, 0.25) is 0 Å². The van der Waals surface area contributed by atoms with Crippen molar-refractivity contribution in [1.82, 2.24) is 14.9 Å². The molecule has 0 aliphatic rings. The number of benzene rings is 3. The lowest BCUT2D eigenvalue weighted by molar-refractivity contribution is -0.115. The molecule has 3 N–H and O–H groups in total. The Labute approximate surface area is 237 Å². The van der Waals surface area contributed by atoms with Crippen molar-refractivity contribution in [2.24, 2.45) is 0 Å². The molecule has 1 heterocycles. The molecule has 1 amide bonds. The summed E-state index contributed by atoms with van der Waals surface area (Å²) in [4.78, 5) is 17.2. The van der Waals surface area contributed by atoms with Crippen LogP contribution in [-0.4, -0.2) is 33.7 Å². The molecule has 208 valence electrons. The first-order chi connectivity index (χ1) is 17.9. The summed E-state index contributed by atoms with van der Waals surface area (Å²) < 4.78 is 42.6. The Morgan fingerprint density at radius 1 is 0.949 bits per heavy atom. The van der Waals surface area contributed by atoms with E-state index in [0.717, 1.165) is 17.7 Å². The average molecular weight is 581 g/mol. The molecule has 39 heavy (non-hydrogen) atoms. The molecule has 0 aliphatic heterocycles. The normalized spacial score (nSPS) is 11.3. The number of aliphatic hydroxyl groups is 1. The third-order valence-corrected chi connectivity index (χ3v) is 5.76. The van der Waals surface area contributed by atoms with Crippen LogP contribution in [-0.2, 0) is 24.2 Å². The van der Waals surface area contributed by atoms with Gasteiger partial charge in [0.1, 0.15) is 5.82 Å². The summed E-state index contributed by atoms with van der Waals surface area (Å²) in [7, 11) is 0. The standard InChI is InChI=1S/C28H27F3N4O2.2ClH/c29-23-13-19(14-24(30)28(23)31)17-35-18-22(11-12-32-16-25(36)20-7-3-1-4-8-20)33-26(35)15-27(37)34-21-9-5-2-6-10-21;;/h1-10,13-14,18,25,32,36H,11-12,15-17H2,(H,34,37);2*1H/t25-;;/m0../s1. The number of nitrogens with one attached hydrogen (secondary N) is 2. The predicted octanol–water partition coefficient (Wildman–Crippen LogP) is 5.24. The number of carbonyl (C=O) groups excluding carboxylic acids is 1. The summed E-state index contributed by atoms with van der Waals surface area (Å²) >= 11 is 0. The fraction of sp³-hybridized carbons (Fsp3) is 0.214. The summed E-state index contributed by atoms with van der Waals surface area (Å²) in [6.45, 7) is 0.872. The highest BCUT2D eigenvalue weighted by Crippen LogP contribution is 2.17. The van der Waals surface area contributed by atoms with Crippen LogP contribution in [0.15, 0.2) is 79.0 Å². The minimum atomic E-state index is -1.53. The maximum Gasteiger partial charge on any atom is 0.231 e. The molecule has 1 atom stereocenters. The van der Waals surface area contributed by atoms with Gasteiger partial charge in [-0.15, -0.1) is 24.8 Å². The van der Waals surface area contributed by atoms with E-state index in [4.69, 9.17) is 0 Å². The number of imidazole rings is 1. The number of halogens is 5. The van der Waals surface area contributed by atoms with Crippen molar-refractivity contribution >= 4 is 36.4 Å². The van der Waals surface area contributed by atoms with E-state index in [1.54, 1.807) is 35.0 Å². The van der Waals surface area contributed by atoms with Crippen LogP contribution in [0.25, 0.3) is 0 Å². The number of carbonyl (C=O) groups is 1. The number of para-hydroxylation sites is 1. The number of hydrogen-bond acceptors (Lipinski definition) is 4. The van der Waals surface area contributed by atoms with Gasteiger partial charge >= 0.3 is 0 Å². The van der Waals surface area contributed by atoms with Gasteiger partial charge < -0.3 is 20.3 Å². The van der Waals surface area contributed by atoms with Crippen molar-refractivity contribution in [3.63, 3.8) is 0 Å². The predicted molar refractivity (Wildman–Crippen MR) is 149 cm³/mol. The quantitative estimate of drug-likeness (QED) is 0.167. The maximum absolute atomic E-state index is 13.8. The van der Waals surface area contributed by atoms with Crippen LogP contribution in [0.3, 0.4) is 0 Å². The Hall–Kier alpha value is -3.37. The van der Waals surface area contributed by atoms with Gasteiger partial charge in [0.15, 0.2) is 17.5 Å². The molecule has 4 rings (SSSR count). The number of hydrogen-bond donors (Lipinski definition) is 3. The molecule has 0 aliphatic carbocycles. The molecule has 3 aromatic carbocycles. The van der Waals surface area contributed by atoms with E-state index < -0.39 is 23.6 Å². The second-order valence-electron chi connectivity index (χ2n) is 8.62. The molecular formula is C28H29Cl2F3N4O2. The van der Waals surface area contributed by atoms with Crippen molar-refractivity contribution in [2.75, 3.05) is 18.4 Å². The average Bonchev–Trinajstić information content (AvgIpc) is 3.26. The lowest BCUT2D eigenvalue weighted by atomic mass is 10.1. The minimum Gasteiger partial charge on any atom is -0.387 e. The van der Waals surface area contributed by atoms with Crippen molar-refractivity contribution < 1.29 is 23.1 Å². The van der Waals surface area contributed by atoms with Gasteiger partial charge in [-0.05, 0) is 35.4 Å². The van der Waals surface area contributed by atoms with Crippen molar-refractivity contribution in [1.29, 1.82) is 0 Å². The molecule has 0 saturated heterocycles. The third-order valence-electron chi connectivity index (χ3n) is 5.76. The SMILES string of the molecule is Cl.Cl.O=C(Cc1nc(CCNC[C@H](O)c2ccccc2)cn1Cc1cc(F)c(F)c(F)c1)Nc1ccccc1. The first-order valence-corrected chi connectivity index (χ1v) is 11.9. The van der Waals surface area contributed by atoms with E-state index in [9.17, 15) is 23.1 Å². The molecule has 4 aromatic rings. The number of aromatic nitrogens is 2. The van der Waals surface area contributed by atoms with Crippen LogP contribution >= 0.6 is 24.8 Å². The first-order valence-electron chi connectivity index (χ1n) is 11.9. The molecule has 0 unspecified atom stereocenters. The second-order valence-corrected chi connectivity index (χ2v) is 8.62. The topological polar surface area (TPSA) is 79.2 Å². The number of rotatable bonds is 11. The third kappa shape index (κ3) is 9.11. The van der Waals surface area contributed by atoms with E-state index in [1.165, 1.54) is 0 Å². The molecule has 0 fully saturated rings. The molecular weight excluding hydrogens is 552 g/mol. The molecule has 11 heteroatoms. The molecule has 0 bridgehead atoms. The Balaban J connectivity index is 0.00000267. The van der Waals surface area contributed by atoms with E-state index in [-0.39, 0.29) is 49.3 Å². The lowest BCUT2D eigenvalue weighted by Gasteiger charge is -2.11. The molecule has 1 aromatic heterocycles. The van der Waals surface area contributed by atoms with E-state index >= 15 is 0 Å². The fourth-order valence-corrected chi connectivity index (χ4v) is 3.93. The molecule has 0 radical (unpaired) electrons. The van der Waals surface area contributed by atoms with Crippen LogP contribution in [0.5, 0.6) is 0 Å². The van der Waals surface area contributed by atoms with Crippen LogP contribution in [0, 0.1) is 17.5 Å². The highest BCUT2D eigenvalue weighted by Gasteiger charge is 2.16. The molecule has 0 saturated carbocycles. The van der Waals surface area contributed by atoms with Gasteiger partial charge in [0.05, 0.1) is 18.2 Å². The van der Waals surface area contributed by atoms with Gasteiger partial charge in [0, 0.05) is 37.9 Å². The van der Waals surface area contributed by atoms with E-state index in [1.807, 2.05) is 36.4 Å². The zero-order valence-corrected chi connectivity index (χ0v) is 22.5. The smallest absolute Gasteiger partial charge is 0.231 e. The van der Waals surface area contributed by atoms with Gasteiger partial charge in [-0.25, -0.2) is 18.2 Å². The Morgan fingerprint density at radius 2 is 1.56 bits per heavy atom. The molecule has 6 nitrogen and oxygen atoms in total. The summed E-state index contributed by atoms with van der Waals surface area (Å²) in [5.41, 5.74) is 2.31. The van der Waals surface area contributed by atoms with Crippen LogP contribution in [0.1, 0.15) is 28.7 Å². The monoisotopic (exact) mass is 580 g/mol. The van der Waals surface area contributed by atoms with E-state index in [2.05, 4.69) is 15.6 Å². The number of anilines is 1. The second kappa shape index (κ2) is 15.3. The zero-order chi connectivity index (χ0) is 26.2. The van der Waals surface area contributed by atoms with Gasteiger partial charge in [0.25, 0.3) is 0 Å². The fourth-order valence-electron chi connectivity index (χ4n) is 3.93. The summed E-state index contributed by atoms with van der Waals surface area (Å²) in [6.07, 6.45) is 1.48. The summed E-state index contributed by atoms with van der Waals surface area (Å²) in [5.74, 6) is -3.98. The summed E-state index contributed by atoms with van der Waals surface area (Å²) in [6, 6.07) is 20.1. The number of amides is 1. The van der Waals surface area contributed by atoms with E-state index in [0.29, 0.717) is 36.7 Å². The zero-order valence-electron chi connectivity index (χ0n) is 20.8. The van der Waals surface area contributed by atoms with Gasteiger partial charge in [0.2, 0.25) is 5.91 Å². The number of aliphatic hydroxyl groups excluding tert-OH is 1. The van der Waals surface area contributed by atoms with Crippen LogP contribution < -0.4 is 10.6 Å².